The molecular weight excluding hydrogens is 240 g/mol. The molecule has 0 unspecified atom stereocenters. The third-order valence-corrected chi connectivity index (χ3v) is 3.82. The minimum absolute atomic E-state index is 0.0735. The summed E-state index contributed by atoms with van der Waals surface area (Å²) in [6.45, 7) is 0. The second-order valence-electron chi connectivity index (χ2n) is 4.69. The number of halogens is 1. The van der Waals surface area contributed by atoms with Crippen LogP contribution in [0.4, 0.5) is 0 Å². The Morgan fingerprint density at radius 2 is 2.18 bits per heavy atom. The van der Waals surface area contributed by atoms with Crippen molar-refractivity contribution >= 4 is 23.4 Å². The Labute approximate surface area is 108 Å². The number of unbranched alkanes of at least 4 members (excludes halogenated alkanes) is 2. The predicted molar refractivity (Wildman–Crippen MR) is 67.0 cm³/mol. The van der Waals surface area contributed by atoms with Gasteiger partial charge < -0.3 is 4.74 Å². The first-order chi connectivity index (χ1) is 8.19. The normalized spacial score (nSPS) is 24.0. The topological polar surface area (TPSA) is 43.4 Å². The van der Waals surface area contributed by atoms with Gasteiger partial charge in [0.15, 0.2) is 0 Å². The summed E-state index contributed by atoms with van der Waals surface area (Å²) in [4.78, 5) is 23.0. The van der Waals surface area contributed by atoms with Crippen LogP contribution in [-0.2, 0) is 14.3 Å². The van der Waals surface area contributed by atoms with Gasteiger partial charge in [-0.2, -0.15) is 0 Å². The van der Waals surface area contributed by atoms with E-state index in [9.17, 15) is 9.59 Å². The number of alkyl halides is 1. The van der Waals surface area contributed by atoms with E-state index in [0.29, 0.717) is 24.5 Å². The number of ether oxygens (including phenoxy) is 1. The van der Waals surface area contributed by atoms with Crippen molar-refractivity contribution in [1.82, 2.24) is 0 Å². The van der Waals surface area contributed by atoms with Gasteiger partial charge in [-0.25, -0.2) is 0 Å². The van der Waals surface area contributed by atoms with Crippen LogP contribution in [-0.4, -0.2) is 24.7 Å². The quantitative estimate of drug-likeness (QED) is 0.402. The van der Waals surface area contributed by atoms with Crippen LogP contribution in [0.15, 0.2) is 0 Å². The predicted octanol–water partition coefficient (Wildman–Crippen LogP) is 2.94. The number of hydrogen-bond acceptors (Lipinski definition) is 3. The van der Waals surface area contributed by atoms with E-state index >= 15 is 0 Å². The van der Waals surface area contributed by atoms with Crippen LogP contribution >= 0.6 is 11.6 Å². The van der Waals surface area contributed by atoms with E-state index in [1.165, 1.54) is 7.11 Å². The summed E-state index contributed by atoms with van der Waals surface area (Å²) in [5.74, 6) is 1.08. The smallest absolute Gasteiger partial charge is 0.305 e. The molecule has 1 aliphatic carbocycles. The average Bonchev–Trinajstić information content (AvgIpc) is 2.66. The van der Waals surface area contributed by atoms with E-state index in [-0.39, 0.29) is 17.8 Å². The lowest BCUT2D eigenvalue weighted by atomic mass is 9.88. The molecule has 0 aromatic rings. The monoisotopic (exact) mass is 260 g/mol. The van der Waals surface area contributed by atoms with E-state index < -0.39 is 0 Å². The number of esters is 1. The molecule has 0 amide bonds. The van der Waals surface area contributed by atoms with Gasteiger partial charge in [0.05, 0.1) is 7.11 Å². The number of carbonyl (C=O) groups is 2. The maximum absolute atomic E-state index is 11.7. The summed E-state index contributed by atoms with van der Waals surface area (Å²) < 4.78 is 4.67. The van der Waals surface area contributed by atoms with Gasteiger partial charge in [-0.1, -0.05) is 12.8 Å². The maximum Gasteiger partial charge on any atom is 0.305 e. The molecule has 17 heavy (non-hydrogen) atoms. The van der Waals surface area contributed by atoms with Crippen LogP contribution < -0.4 is 0 Å². The molecule has 2 atom stereocenters. The number of methoxy groups -OCH3 is 1. The van der Waals surface area contributed by atoms with Gasteiger partial charge >= 0.3 is 5.97 Å². The largest absolute Gasteiger partial charge is 0.469 e. The van der Waals surface area contributed by atoms with Crippen molar-refractivity contribution in [2.75, 3.05) is 13.0 Å². The summed E-state index contributed by atoms with van der Waals surface area (Å²) in [7, 11) is 1.40. The first kappa shape index (κ1) is 14.5. The van der Waals surface area contributed by atoms with Gasteiger partial charge in [0.2, 0.25) is 0 Å². The van der Waals surface area contributed by atoms with Crippen LogP contribution in [0.5, 0.6) is 0 Å². The van der Waals surface area contributed by atoms with Crippen LogP contribution in [0.25, 0.3) is 0 Å². The lowest BCUT2D eigenvalue weighted by Gasteiger charge is -2.16. The molecule has 0 aliphatic heterocycles. The van der Waals surface area contributed by atoms with E-state index in [0.717, 1.165) is 32.1 Å². The summed E-state index contributed by atoms with van der Waals surface area (Å²) in [6.07, 6.45) is 5.86. The fourth-order valence-corrected chi connectivity index (χ4v) is 2.74. The third kappa shape index (κ3) is 4.66. The van der Waals surface area contributed by atoms with Crippen molar-refractivity contribution < 1.29 is 14.3 Å². The van der Waals surface area contributed by atoms with E-state index in [1.54, 1.807) is 0 Å². The van der Waals surface area contributed by atoms with Gasteiger partial charge in [-0.05, 0) is 25.2 Å². The average molecular weight is 261 g/mol. The Hall–Kier alpha value is -0.570. The molecule has 0 aromatic carbocycles. The van der Waals surface area contributed by atoms with Crippen LogP contribution in [0.2, 0.25) is 0 Å². The summed E-state index contributed by atoms with van der Waals surface area (Å²) in [6, 6.07) is 0. The molecule has 0 heterocycles. The molecule has 0 saturated heterocycles. The number of hydrogen-bond donors (Lipinski definition) is 0. The highest BCUT2D eigenvalue weighted by Gasteiger charge is 2.35. The zero-order valence-corrected chi connectivity index (χ0v) is 11.2. The molecule has 1 fully saturated rings. The van der Waals surface area contributed by atoms with Gasteiger partial charge in [-0.3, -0.25) is 9.59 Å². The van der Waals surface area contributed by atoms with Crippen molar-refractivity contribution in [3.63, 3.8) is 0 Å². The molecule has 1 aliphatic rings. The Bertz CT molecular complexity index is 265. The first-order valence-electron chi connectivity index (χ1n) is 6.34. The second kappa shape index (κ2) is 7.70. The molecule has 1 saturated carbocycles. The second-order valence-corrected chi connectivity index (χ2v) is 5.07. The van der Waals surface area contributed by atoms with Crippen molar-refractivity contribution in [2.45, 2.75) is 44.9 Å². The molecule has 4 heteroatoms. The van der Waals surface area contributed by atoms with Crippen molar-refractivity contribution in [3.05, 3.63) is 0 Å². The van der Waals surface area contributed by atoms with E-state index in [1.807, 2.05) is 0 Å². The standard InChI is InChI=1S/C13H21ClO3/c1-17-13(16)9-10-6-7-12(15)11(10)5-3-2-4-8-14/h10-11H,2-9H2,1H3/t10-,11-/m1/s1. The zero-order valence-electron chi connectivity index (χ0n) is 10.4. The fourth-order valence-electron chi connectivity index (χ4n) is 2.55. The van der Waals surface area contributed by atoms with Crippen molar-refractivity contribution in [1.29, 1.82) is 0 Å². The molecule has 98 valence electrons. The minimum atomic E-state index is -0.199. The van der Waals surface area contributed by atoms with Crippen LogP contribution in [0, 0.1) is 11.8 Å². The lowest BCUT2D eigenvalue weighted by Crippen LogP contribution is -2.18. The van der Waals surface area contributed by atoms with Gasteiger partial charge in [0, 0.05) is 24.6 Å². The molecule has 0 aromatic heterocycles. The Morgan fingerprint density at radius 3 is 2.82 bits per heavy atom. The Balaban J connectivity index is 2.36. The van der Waals surface area contributed by atoms with Gasteiger partial charge in [0.25, 0.3) is 0 Å². The fraction of sp³-hybridized carbons (Fsp3) is 0.846. The Morgan fingerprint density at radius 1 is 1.41 bits per heavy atom. The number of carbonyl (C=O) groups excluding carboxylic acids is 2. The van der Waals surface area contributed by atoms with Gasteiger partial charge in [-0.15, -0.1) is 11.6 Å². The summed E-state index contributed by atoms with van der Waals surface area (Å²) in [5.41, 5.74) is 0. The SMILES string of the molecule is COC(=O)C[C@H]1CCC(=O)[C@@H]1CCCCCCl. The highest BCUT2D eigenvalue weighted by atomic mass is 35.5. The number of rotatable bonds is 7. The summed E-state index contributed by atoms with van der Waals surface area (Å²) in [5, 5.41) is 0. The summed E-state index contributed by atoms with van der Waals surface area (Å²) >= 11 is 5.61. The minimum Gasteiger partial charge on any atom is -0.469 e. The van der Waals surface area contributed by atoms with Crippen LogP contribution in [0.1, 0.15) is 44.9 Å². The lowest BCUT2D eigenvalue weighted by molar-refractivity contribution is -0.142. The maximum atomic E-state index is 11.7. The highest BCUT2D eigenvalue weighted by molar-refractivity contribution is 6.17. The molecule has 3 nitrogen and oxygen atoms in total. The van der Waals surface area contributed by atoms with Crippen molar-refractivity contribution in [2.24, 2.45) is 11.8 Å². The molecule has 1 rings (SSSR count). The molecule has 0 radical (unpaired) electrons. The van der Waals surface area contributed by atoms with Crippen LogP contribution in [0.3, 0.4) is 0 Å². The third-order valence-electron chi connectivity index (χ3n) is 3.55. The molecule has 0 spiro atoms. The molecular formula is C13H21ClO3. The number of Topliss-reactive ketones (excluding diaryl/α,β-unsaturated/α-hetero) is 1. The molecule has 0 N–H and O–H groups in total. The first-order valence-corrected chi connectivity index (χ1v) is 6.88. The van der Waals surface area contributed by atoms with E-state index in [4.69, 9.17) is 11.6 Å². The number of ketones is 1. The molecule has 0 bridgehead atoms. The highest BCUT2D eigenvalue weighted by Crippen LogP contribution is 2.35. The zero-order chi connectivity index (χ0) is 12.7. The van der Waals surface area contributed by atoms with Gasteiger partial charge in [0.1, 0.15) is 5.78 Å². The Kier molecular flexibility index (Phi) is 6.56. The van der Waals surface area contributed by atoms with E-state index in [2.05, 4.69) is 4.74 Å². The van der Waals surface area contributed by atoms with Crippen molar-refractivity contribution in [3.8, 4) is 0 Å².